The zero-order chi connectivity index (χ0) is 20.0. The Morgan fingerprint density at radius 2 is 1.38 bits per heavy atom. The van der Waals surface area contributed by atoms with E-state index in [1.54, 1.807) is 0 Å². The molecule has 0 saturated carbocycles. The number of ketones is 1. The van der Waals surface area contributed by atoms with Crippen molar-refractivity contribution in [2.24, 2.45) is 0 Å². The first-order chi connectivity index (χ1) is 14.1. The third-order valence-electron chi connectivity index (χ3n) is 6.08. The first kappa shape index (κ1) is 17.8. The first-order valence-electron chi connectivity index (χ1n) is 10.1. The van der Waals surface area contributed by atoms with Crippen LogP contribution >= 0.6 is 0 Å². The zero-order valence-electron chi connectivity index (χ0n) is 16.4. The van der Waals surface area contributed by atoms with E-state index in [9.17, 15) is 9.90 Å². The molecule has 0 spiro atoms. The number of hydrogen-bond acceptors (Lipinski definition) is 2. The second-order valence-corrected chi connectivity index (χ2v) is 7.79. The van der Waals surface area contributed by atoms with Gasteiger partial charge in [-0.1, -0.05) is 91.9 Å². The van der Waals surface area contributed by atoms with Gasteiger partial charge in [-0.25, -0.2) is 0 Å². The minimum atomic E-state index is -1.24. The molecule has 0 unspecified atom stereocenters. The van der Waals surface area contributed by atoms with Gasteiger partial charge in [-0.05, 0) is 39.4 Å². The van der Waals surface area contributed by atoms with Crippen LogP contribution in [0.15, 0.2) is 84.9 Å². The molecule has 4 aromatic carbocycles. The molecule has 0 amide bonds. The average Bonchev–Trinajstić information content (AvgIpc) is 2.77. The van der Waals surface area contributed by atoms with E-state index in [0.29, 0.717) is 28.7 Å². The molecular formula is C27H22O2. The second kappa shape index (κ2) is 6.68. The molecule has 2 heteroatoms. The maximum Gasteiger partial charge on any atom is 0.193 e. The second-order valence-electron chi connectivity index (χ2n) is 7.79. The predicted molar refractivity (Wildman–Crippen MR) is 116 cm³/mol. The fourth-order valence-corrected chi connectivity index (χ4v) is 4.71. The van der Waals surface area contributed by atoms with Gasteiger partial charge in [0.05, 0.1) is 0 Å². The van der Waals surface area contributed by atoms with Gasteiger partial charge in [-0.15, -0.1) is 0 Å². The van der Waals surface area contributed by atoms with Crippen molar-refractivity contribution in [2.45, 2.75) is 25.4 Å². The summed E-state index contributed by atoms with van der Waals surface area (Å²) < 4.78 is 0. The van der Waals surface area contributed by atoms with Gasteiger partial charge in [0.15, 0.2) is 5.78 Å². The Hall–Kier alpha value is -3.23. The summed E-state index contributed by atoms with van der Waals surface area (Å²) in [6.45, 7) is 2.16. The summed E-state index contributed by atoms with van der Waals surface area (Å²) in [5, 5.41) is 14.5. The lowest BCUT2D eigenvalue weighted by atomic mass is 9.71. The van der Waals surface area contributed by atoms with Gasteiger partial charge < -0.3 is 5.11 Å². The van der Waals surface area contributed by atoms with Crippen LogP contribution in [0.2, 0.25) is 0 Å². The average molecular weight is 378 g/mol. The van der Waals surface area contributed by atoms with E-state index in [1.165, 1.54) is 16.3 Å². The largest absolute Gasteiger partial charge is 0.380 e. The van der Waals surface area contributed by atoms with Crippen LogP contribution in [0, 0.1) is 0 Å². The monoisotopic (exact) mass is 378 g/mol. The molecule has 0 aliphatic heterocycles. The van der Waals surface area contributed by atoms with Gasteiger partial charge in [-0.3, -0.25) is 4.79 Å². The van der Waals surface area contributed by atoms with Crippen molar-refractivity contribution in [3.05, 3.63) is 118 Å². The van der Waals surface area contributed by atoms with Crippen molar-refractivity contribution in [1.29, 1.82) is 0 Å². The maximum atomic E-state index is 13.0. The van der Waals surface area contributed by atoms with Gasteiger partial charge in [0.25, 0.3) is 0 Å². The molecular weight excluding hydrogens is 356 g/mol. The van der Waals surface area contributed by atoms with Crippen LogP contribution in [-0.2, 0) is 18.4 Å². The van der Waals surface area contributed by atoms with Crippen LogP contribution in [0.1, 0.15) is 45.1 Å². The molecule has 0 fully saturated rings. The lowest BCUT2D eigenvalue weighted by Crippen LogP contribution is -2.37. The van der Waals surface area contributed by atoms with Gasteiger partial charge in [0.1, 0.15) is 5.60 Å². The lowest BCUT2D eigenvalue weighted by molar-refractivity contribution is 0.0721. The summed E-state index contributed by atoms with van der Waals surface area (Å²) >= 11 is 0. The third kappa shape index (κ3) is 2.72. The van der Waals surface area contributed by atoms with Gasteiger partial charge >= 0.3 is 0 Å². The van der Waals surface area contributed by atoms with E-state index in [2.05, 4.69) is 37.3 Å². The maximum absolute atomic E-state index is 13.0. The highest BCUT2D eigenvalue weighted by Crippen LogP contribution is 2.42. The molecule has 1 aliphatic carbocycles. The Morgan fingerprint density at radius 3 is 2.03 bits per heavy atom. The molecule has 29 heavy (non-hydrogen) atoms. The summed E-state index contributed by atoms with van der Waals surface area (Å²) in [4.78, 5) is 13.0. The standard InChI is InChI=1S/C27H22O2/c1-2-19-15-18(16-20-9-3-4-10-21(19)20)17-27(29)24-13-7-5-11-22(24)26(28)23-12-6-8-14-25(23)27/h3-16,29H,2,17H2,1H3. The number of carbonyl (C=O) groups is 1. The van der Waals surface area contributed by atoms with Gasteiger partial charge in [-0.2, -0.15) is 0 Å². The SMILES string of the molecule is CCc1cc(CC2(O)c3ccccc3C(=O)c3ccccc32)cc2ccccc12. The molecule has 4 aromatic rings. The molecule has 0 atom stereocenters. The van der Waals surface area contributed by atoms with E-state index < -0.39 is 5.60 Å². The molecule has 5 rings (SSSR count). The minimum Gasteiger partial charge on any atom is -0.380 e. The van der Waals surface area contributed by atoms with Crippen LogP contribution in [0.4, 0.5) is 0 Å². The number of hydrogen-bond donors (Lipinski definition) is 1. The Bertz CT molecular complexity index is 1200. The van der Waals surface area contributed by atoms with Gasteiger partial charge in [0, 0.05) is 17.5 Å². The topological polar surface area (TPSA) is 37.3 Å². The third-order valence-corrected chi connectivity index (χ3v) is 6.08. The molecule has 2 nitrogen and oxygen atoms in total. The number of carbonyl (C=O) groups excluding carboxylic acids is 1. The molecule has 0 radical (unpaired) electrons. The summed E-state index contributed by atoms with van der Waals surface area (Å²) in [5.41, 5.74) is 3.66. The molecule has 0 bridgehead atoms. The smallest absolute Gasteiger partial charge is 0.193 e. The summed E-state index contributed by atoms with van der Waals surface area (Å²) in [6.07, 6.45) is 1.35. The van der Waals surface area contributed by atoms with Crippen LogP contribution in [0.25, 0.3) is 10.8 Å². The van der Waals surface area contributed by atoms with Crippen LogP contribution in [0.3, 0.4) is 0 Å². The van der Waals surface area contributed by atoms with Crippen LogP contribution in [-0.4, -0.2) is 10.9 Å². The van der Waals surface area contributed by atoms with E-state index >= 15 is 0 Å². The number of benzene rings is 4. The molecule has 142 valence electrons. The number of aliphatic hydroxyl groups is 1. The van der Waals surface area contributed by atoms with Crippen molar-refractivity contribution >= 4 is 16.6 Å². The zero-order valence-corrected chi connectivity index (χ0v) is 16.4. The lowest BCUT2D eigenvalue weighted by Gasteiger charge is -2.36. The quantitative estimate of drug-likeness (QED) is 0.516. The van der Waals surface area contributed by atoms with Crippen molar-refractivity contribution < 1.29 is 9.90 Å². The minimum absolute atomic E-state index is 0.0198. The van der Waals surface area contributed by atoms with E-state index in [4.69, 9.17) is 0 Å². The molecule has 0 heterocycles. The van der Waals surface area contributed by atoms with E-state index in [1.807, 2.05) is 54.6 Å². The fraction of sp³-hybridized carbons (Fsp3) is 0.148. The Morgan fingerprint density at radius 1 is 0.793 bits per heavy atom. The summed E-state index contributed by atoms with van der Waals surface area (Å²) in [5.74, 6) is -0.0198. The van der Waals surface area contributed by atoms with Crippen molar-refractivity contribution in [3.8, 4) is 0 Å². The van der Waals surface area contributed by atoms with Crippen LogP contribution < -0.4 is 0 Å². The highest BCUT2D eigenvalue weighted by molar-refractivity contribution is 6.13. The normalized spacial score (nSPS) is 14.5. The van der Waals surface area contributed by atoms with Crippen molar-refractivity contribution in [2.75, 3.05) is 0 Å². The van der Waals surface area contributed by atoms with Crippen LogP contribution in [0.5, 0.6) is 0 Å². The Balaban J connectivity index is 1.72. The highest BCUT2D eigenvalue weighted by atomic mass is 16.3. The fourth-order valence-electron chi connectivity index (χ4n) is 4.71. The predicted octanol–water partition coefficient (Wildman–Crippen LogP) is 5.43. The number of aryl methyl sites for hydroxylation is 1. The van der Waals surface area contributed by atoms with Crippen molar-refractivity contribution in [3.63, 3.8) is 0 Å². The molecule has 0 saturated heterocycles. The van der Waals surface area contributed by atoms with E-state index in [0.717, 1.165) is 12.0 Å². The molecule has 1 N–H and O–H groups in total. The van der Waals surface area contributed by atoms with Crippen molar-refractivity contribution in [1.82, 2.24) is 0 Å². The van der Waals surface area contributed by atoms with E-state index in [-0.39, 0.29) is 5.78 Å². The summed E-state index contributed by atoms with van der Waals surface area (Å²) in [7, 11) is 0. The highest BCUT2D eigenvalue weighted by Gasteiger charge is 2.41. The number of fused-ring (bicyclic) bond motifs is 3. The first-order valence-corrected chi connectivity index (χ1v) is 10.1. The summed E-state index contributed by atoms with van der Waals surface area (Å²) in [6, 6.07) is 27.6. The molecule has 1 aliphatic rings. The molecule has 0 aromatic heterocycles. The number of rotatable bonds is 3. The van der Waals surface area contributed by atoms with Gasteiger partial charge in [0.2, 0.25) is 0 Å². The Labute approximate surface area is 170 Å². The Kier molecular flexibility index (Phi) is 4.11.